The van der Waals surface area contributed by atoms with Gasteiger partial charge in [-0.2, -0.15) is 0 Å². The highest BCUT2D eigenvalue weighted by molar-refractivity contribution is 5.47. The van der Waals surface area contributed by atoms with Crippen LogP contribution in [0.15, 0.2) is 6.07 Å². The maximum Gasteiger partial charge on any atom is 0.133 e. The minimum atomic E-state index is 0.181. The van der Waals surface area contributed by atoms with Crippen molar-refractivity contribution < 1.29 is 5.11 Å². The summed E-state index contributed by atoms with van der Waals surface area (Å²) in [6, 6.07) is 2.08. The molecule has 0 aliphatic heterocycles. The summed E-state index contributed by atoms with van der Waals surface area (Å²) in [6.07, 6.45) is 2.61. The van der Waals surface area contributed by atoms with Gasteiger partial charge in [-0.15, -0.1) is 0 Å². The predicted octanol–water partition coefficient (Wildman–Crippen LogP) is 1.65. The van der Waals surface area contributed by atoms with Crippen molar-refractivity contribution in [1.29, 1.82) is 0 Å². The van der Waals surface area contributed by atoms with E-state index in [0.29, 0.717) is 6.42 Å². The minimum Gasteiger partial charge on any atom is -0.396 e. The predicted molar refractivity (Wildman–Crippen MR) is 70.4 cm³/mol. The van der Waals surface area contributed by atoms with Crippen LogP contribution < -0.4 is 10.6 Å². The Morgan fingerprint density at radius 1 is 1.35 bits per heavy atom. The van der Waals surface area contributed by atoms with Crippen molar-refractivity contribution >= 4 is 11.6 Å². The van der Waals surface area contributed by atoms with Crippen LogP contribution in [0.5, 0.6) is 0 Å². The first-order valence-electron chi connectivity index (χ1n) is 6.12. The first-order valence-corrected chi connectivity index (χ1v) is 6.12. The van der Waals surface area contributed by atoms with E-state index in [9.17, 15) is 0 Å². The SMILES string of the molecule is CCCc1nc(NC)cc(NC(C)CCO)n1. The van der Waals surface area contributed by atoms with Crippen molar-refractivity contribution in [3.8, 4) is 0 Å². The van der Waals surface area contributed by atoms with E-state index in [1.807, 2.05) is 20.0 Å². The Morgan fingerprint density at radius 2 is 2.06 bits per heavy atom. The molecule has 1 heterocycles. The van der Waals surface area contributed by atoms with E-state index in [-0.39, 0.29) is 12.6 Å². The van der Waals surface area contributed by atoms with E-state index in [2.05, 4.69) is 27.5 Å². The summed E-state index contributed by atoms with van der Waals surface area (Å²) in [7, 11) is 1.85. The number of nitrogens with zero attached hydrogens (tertiary/aromatic N) is 2. The Kier molecular flexibility index (Phi) is 5.69. The number of rotatable bonds is 7. The number of aliphatic hydroxyl groups excluding tert-OH is 1. The molecule has 0 saturated carbocycles. The molecular formula is C12H22N4O. The molecule has 0 bridgehead atoms. The summed E-state index contributed by atoms with van der Waals surface area (Å²) in [6.45, 7) is 4.31. The molecule has 5 nitrogen and oxygen atoms in total. The van der Waals surface area contributed by atoms with Gasteiger partial charge in [0, 0.05) is 32.2 Å². The molecule has 1 unspecified atom stereocenters. The molecule has 1 aromatic heterocycles. The molecule has 0 aromatic carbocycles. The summed E-state index contributed by atoms with van der Waals surface area (Å²) in [5, 5.41) is 15.2. The standard InChI is InChI=1S/C12H22N4O/c1-4-5-10-15-11(13-3)8-12(16-10)14-9(2)6-7-17/h8-9,17H,4-7H2,1-3H3,(H2,13,14,15,16). The van der Waals surface area contributed by atoms with Gasteiger partial charge in [0.15, 0.2) is 0 Å². The number of hydrogen-bond donors (Lipinski definition) is 3. The number of nitrogens with one attached hydrogen (secondary N) is 2. The van der Waals surface area contributed by atoms with Gasteiger partial charge in [0.25, 0.3) is 0 Å². The summed E-state index contributed by atoms with van der Waals surface area (Å²) in [5.74, 6) is 2.48. The van der Waals surface area contributed by atoms with Crippen LogP contribution in [0.25, 0.3) is 0 Å². The van der Waals surface area contributed by atoms with Crippen LogP contribution in [0.2, 0.25) is 0 Å². The Labute approximate surface area is 103 Å². The van der Waals surface area contributed by atoms with Gasteiger partial charge in [-0.3, -0.25) is 0 Å². The van der Waals surface area contributed by atoms with Crippen LogP contribution in [-0.2, 0) is 6.42 Å². The molecule has 0 aliphatic rings. The van der Waals surface area contributed by atoms with E-state index in [1.165, 1.54) is 0 Å². The average Bonchev–Trinajstić information content (AvgIpc) is 2.29. The van der Waals surface area contributed by atoms with E-state index >= 15 is 0 Å². The van der Waals surface area contributed by atoms with Crippen molar-refractivity contribution in [1.82, 2.24) is 9.97 Å². The summed E-state index contributed by atoms with van der Waals surface area (Å²) >= 11 is 0. The van der Waals surface area contributed by atoms with Gasteiger partial charge >= 0.3 is 0 Å². The lowest BCUT2D eigenvalue weighted by molar-refractivity contribution is 0.282. The molecule has 96 valence electrons. The molecule has 0 fully saturated rings. The zero-order chi connectivity index (χ0) is 12.7. The second-order valence-electron chi connectivity index (χ2n) is 4.11. The molecule has 0 radical (unpaired) electrons. The van der Waals surface area contributed by atoms with Crippen molar-refractivity contribution in [3.63, 3.8) is 0 Å². The molecule has 0 saturated heterocycles. The Morgan fingerprint density at radius 3 is 2.65 bits per heavy atom. The highest BCUT2D eigenvalue weighted by Gasteiger charge is 2.06. The van der Waals surface area contributed by atoms with Crippen LogP contribution in [0.3, 0.4) is 0 Å². The minimum absolute atomic E-state index is 0.181. The topological polar surface area (TPSA) is 70.1 Å². The van der Waals surface area contributed by atoms with E-state index in [0.717, 1.165) is 30.3 Å². The number of aryl methyl sites for hydroxylation is 1. The van der Waals surface area contributed by atoms with Gasteiger partial charge in [0.05, 0.1) is 0 Å². The maximum atomic E-state index is 8.87. The third kappa shape index (κ3) is 4.56. The monoisotopic (exact) mass is 238 g/mol. The molecule has 0 amide bonds. The summed E-state index contributed by atoms with van der Waals surface area (Å²) in [5.41, 5.74) is 0. The Bertz CT molecular complexity index is 343. The fourth-order valence-corrected chi connectivity index (χ4v) is 1.55. The van der Waals surface area contributed by atoms with E-state index in [4.69, 9.17) is 5.11 Å². The second kappa shape index (κ2) is 7.06. The van der Waals surface area contributed by atoms with E-state index < -0.39 is 0 Å². The second-order valence-corrected chi connectivity index (χ2v) is 4.11. The van der Waals surface area contributed by atoms with Crippen molar-refractivity contribution in [2.45, 2.75) is 39.2 Å². The zero-order valence-corrected chi connectivity index (χ0v) is 10.8. The van der Waals surface area contributed by atoms with Crippen molar-refractivity contribution in [3.05, 3.63) is 11.9 Å². The first-order chi connectivity index (χ1) is 8.19. The maximum absolute atomic E-state index is 8.87. The van der Waals surface area contributed by atoms with Crippen LogP contribution >= 0.6 is 0 Å². The quantitative estimate of drug-likeness (QED) is 0.674. The molecule has 5 heteroatoms. The van der Waals surface area contributed by atoms with Crippen LogP contribution in [0, 0.1) is 0 Å². The van der Waals surface area contributed by atoms with Gasteiger partial charge in [-0.05, 0) is 19.8 Å². The van der Waals surface area contributed by atoms with E-state index in [1.54, 1.807) is 0 Å². The summed E-state index contributed by atoms with van der Waals surface area (Å²) in [4.78, 5) is 8.83. The third-order valence-electron chi connectivity index (χ3n) is 2.46. The number of aromatic nitrogens is 2. The van der Waals surface area contributed by atoms with Crippen LogP contribution in [0.1, 0.15) is 32.5 Å². The molecular weight excluding hydrogens is 216 g/mol. The van der Waals surface area contributed by atoms with Crippen LogP contribution in [-0.4, -0.2) is 34.8 Å². The fraction of sp³-hybridized carbons (Fsp3) is 0.667. The normalized spacial score (nSPS) is 12.2. The molecule has 1 atom stereocenters. The Balaban J connectivity index is 2.79. The van der Waals surface area contributed by atoms with Gasteiger partial charge in [0.2, 0.25) is 0 Å². The van der Waals surface area contributed by atoms with Gasteiger partial charge in [-0.25, -0.2) is 9.97 Å². The highest BCUT2D eigenvalue weighted by atomic mass is 16.3. The lowest BCUT2D eigenvalue weighted by Gasteiger charge is -2.14. The first kappa shape index (κ1) is 13.7. The molecule has 3 N–H and O–H groups in total. The lowest BCUT2D eigenvalue weighted by atomic mass is 10.2. The van der Waals surface area contributed by atoms with Gasteiger partial charge < -0.3 is 15.7 Å². The molecule has 1 aromatic rings. The molecule has 0 spiro atoms. The van der Waals surface area contributed by atoms with Crippen molar-refractivity contribution in [2.75, 3.05) is 24.3 Å². The van der Waals surface area contributed by atoms with Crippen molar-refractivity contribution in [2.24, 2.45) is 0 Å². The molecule has 17 heavy (non-hydrogen) atoms. The summed E-state index contributed by atoms with van der Waals surface area (Å²) < 4.78 is 0. The average molecular weight is 238 g/mol. The smallest absolute Gasteiger partial charge is 0.133 e. The fourth-order valence-electron chi connectivity index (χ4n) is 1.55. The number of aliphatic hydroxyl groups is 1. The van der Waals surface area contributed by atoms with Gasteiger partial charge in [0.1, 0.15) is 17.5 Å². The lowest BCUT2D eigenvalue weighted by Crippen LogP contribution is -2.18. The zero-order valence-electron chi connectivity index (χ0n) is 10.8. The largest absolute Gasteiger partial charge is 0.396 e. The molecule has 0 aliphatic carbocycles. The third-order valence-corrected chi connectivity index (χ3v) is 2.46. The highest BCUT2D eigenvalue weighted by Crippen LogP contribution is 2.13. The number of anilines is 2. The van der Waals surface area contributed by atoms with Gasteiger partial charge in [-0.1, -0.05) is 6.92 Å². The molecule has 1 rings (SSSR count). The van der Waals surface area contributed by atoms with Crippen LogP contribution in [0.4, 0.5) is 11.6 Å². The number of hydrogen-bond acceptors (Lipinski definition) is 5. The Hall–Kier alpha value is -1.36.